The van der Waals surface area contributed by atoms with Crippen LogP contribution in [0.1, 0.15) is 32.4 Å². The summed E-state index contributed by atoms with van der Waals surface area (Å²) in [6, 6.07) is 2.47. The van der Waals surface area contributed by atoms with Crippen LogP contribution in [0.5, 0.6) is 0 Å². The van der Waals surface area contributed by atoms with Gasteiger partial charge in [0.05, 0.1) is 6.04 Å². The molecule has 0 saturated carbocycles. The molecule has 118 valence electrons. The Morgan fingerprint density at radius 1 is 1.33 bits per heavy atom. The van der Waals surface area contributed by atoms with Crippen molar-refractivity contribution in [3.63, 3.8) is 0 Å². The summed E-state index contributed by atoms with van der Waals surface area (Å²) < 4.78 is 0. The smallest absolute Gasteiger partial charge is 0.225 e. The van der Waals surface area contributed by atoms with Crippen molar-refractivity contribution in [3.05, 3.63) is 22.4 Å². The molecule has 0 bridgehead atoms. The summed E-state index contributed by atoms with van der Waals surface area (Å²) in [6.45, 7) is 10.9. The van der Waals surface area contributed by atoms with Crippen LogP contribution >= 0.6 is 11.3 Å². The summed E-state index contributed by atoms with van der Waals surface area (Å²) >= 11 is 1.72. The van der Waals surface area contributed by atoms with Crippen molar-refractivity contribution < 1.29 is 4.79 Å². The Kier molecular flexibility index (Phi) is 5.41. The monoisotopic (exact) mass is 309 g/mol. The summed E-state index contributed by atoms with van der Waals surface area (Å²) in [7, 11) is 2.16. The Bertz CT molecular complexity index is 445. The van der Waals surface area contributed by atoms with Crippen molar-refractivity contribution >= 4 is 17.2 Å². The fourth-order valence-corrected chi connectivity index (χ4v) is 3.22. The van der Waals surface area contributed by atoms with E-state index in [9.17, 15) is 4.79 Å². The van der Waals surface area contributed by atoms with E-state index < -0.39 is 0 Å². The second-order valence-electron chi connectivity index (χ2n) is 6.87. The van der Waals surface area contributed by atoms with Crippen LogP contribution in [0.4, 0.5) is 0 Å². The van der Waals surface area contributed by atoms with Gasteiger partial charge in [-0.15, -0.1) is 0 Å². The van der Waals surface area contributed by atoms with E-state index in [1.165, 1.54) is 5.56 Å². The van der Waals surface area contributed by atoms with E-state index in [1.54, 1.807) is 11.3 Å². The lowest BCUT2D eigenvalue weighted by atomic mass is 9.95. The normalized spacial score (nSPS) is 19.4. The first kappa shape index (κ1) is 16.5. The maximum atomic E-state index is 12.1. The van der Waals surface area contributed by atoms with E-state index in [0.29, 0.717) is 6.54 Å². The van der Waals surface area contributed by atoms with Crippen LogP contribution in [0.15, 0.2) is 16.8 Å². The number of carbonyl (C=O) groups excluding carboxylic acids is 1. The molecule has 0 aromatic carbocycles. The Labute approximate surface area is 132 Å². The number of hydrogen-bond donors (Lipinski definition) is 1. The topological polar surface area (TPSA) is 35.6 Å². The van der Waals surface area contributed by atoms with Crippen LogP contribution in [-0.2, 0) is 4.79 Å². The molecule has 0 spiro atoms. The molecular weight excluding hydrogens is 282 g/mol. The maximum Gasteiger partial charge on any atom is 0.225 e. The standard InChI is InChI=1S/C16H27N3OS/c1-16(2,3)15(20)17-11-14(13-5-10-21-12-13)19-8-6-18(4)7-9-19/h5,10,12,14H,6-9,11H2,1-4H3,(H,17,20). The number of piperazine rings is 1. The zero-order valence-corrected chi connectivity index (χ0v) is 14.4. The molecule has 2 rings (SSSR count). The van der Waals surface area contributed by atoms with Gasteiger partial charge in [0.1, 0.15) is 0 Å². The molecule has 1 aromatic rings. The van der Waals surface area contributed by atoms with Gasteiger partial charge in [0.25, 0.3) is 0 Å². The van der Waals surface area contributed by atoms with E-state index in [-0.39, 0.29) is 17.4 Å². The molecule has 1 unspecified atom stereocenters. The SMILES string of the molecule is CN1CCN(C(CNC(=O)C(C)(C)C)c2ccsc2)CC1. The molecule has 1 atom stereocenters. The Morgan fingerprint density at radius 2 is 2.00 bits per heavy atom. The number of nitrogens with one attached hydrogen (secondary N) is 1. The molecule has 1 aromatic heterocycles. The van der Waals surface area contributed by atoms with E-state index in [1.807, 2.05) is 20.8 Å². The lowest BCUT2D eigenvalue weighted by molar-refractivity contribution is -0.128. The summed E-state index contributed by atoms with van der Waals surface area (Å²) in [6.07, 6.45) is 0. The number of amides is 1. The third kappa shape index (κ3) is 4.53. The molecule has 1 N–H and O–H groups in total. The summed E-state index contributed by atoms with van der Waals surface area (Å²) in [4.78, 5) is 17.0. The van der Waals surface area contributed by atoms with Gasteiger partial charge in [0.15, 0.2) is 0 Å². The quantitative estimate of drug-likeness (QED) is 0.926. The molecule has 1 amide bonds. The molecule has 2 heterocycles. The Hall–Kier alpha value is -0.910. The first-order chi connectivity index (χ1) is 9.88. The fraction of sp³-hybridized carbons (Fsp3) is 0.688. The van der Waals surface area contributed by atoms with Crippen molar-refractivity contribution in [2.75, 3.05) is 39.8 Å². The number of rotatable bonds is 4. The first-order valence-corrected chi connectivity index (χ1v) is 8.55. The first-order valence-electron chi connectivity index (χ1n) is 7.61. The minimum atomic E-state index is -0.332. The van der Waals surface area contributed by atoms with E-state index in [0.717, 1.165) is 26.2 Å². The molecule has 1 aliphatic rings. The van der Waals surface area contributed by atoms with E-state index in [2.05, 4.69) is 39.0 Å². The van der Waals surface area contributed by atoms with Crippen LogP contribution < -0.4 is 5.32 Å². The maximum absolute atomic E-state index is 12.1. The lowest BCUT2D eigenvalue weighted by Gasteiger charge is -2.38. The van der Waals surface area contributed by atoms with Gasteiger partial charge in [-0.3, -0.25) is 9.69 Å². The molecule has 1 fully saturated rings. The van der Waals surface area contributed by atoms with Crippen LogP contribution in [0.25, 0.3) is 0 Å². The summed E-state index contributed by atoms with van der Waals surface area (Å²) in [5, 5.41) is 7.45. The van der Waals surface area contributed by atoms with Gasteiger partial charge in [-0.05, 0) is 29.4 Å². The number of carbonyl (C=O) groups is 1. The predicted octanol–water partition coefficient (Wildman–Crippen LogP) is 2.20. The fourth-order valence-electron chi connectivity index (χ4n) is 2.51. The highest BCUT2D eigenvalue weighted by Crippen LogP contribution is 2.24. The van der Waals surface area contributed by atoms with E-state index in [4.69, 9.17) is 0 Å². The molecule has 0 aliphatic carbocycles. The van der Waals surface area contributed by atoms with Gasteiger partial charge in [-0.2, -0.15) is 11.3 Å². The van der Waals surface area contributed by atoms with Crippen molar-refractivity contribution in [1.82, 2.24) is 15.1 Å². The van der Waals surface area contributed by atoms with E-state index >= 15 is 0 Å². The molecule has 0 radical (unpaired) electrons. The largest absolute Gasteiger partial charge is 0.354 e. The number of likely N-dealkylation sites (N-methyl/N-ethyl adjacent to an activating group) is 1. The van der Waals surface area contributed by atoms with Crippen LogP contribution in [0, 0.1) is 5.41 Å². The molecule has 1 saturated heterocycles. The number of nitrogens with zero attached hydrogens (tertiary/aromatic N) is 2. The van der Waals surface area contributed by atoms with Gasteiger partial charge in [-0.25, -0.2) is 0 Å². The molecule has 21 heavy (non-hydrogen) atoms. The third-order valence-corrected chi connectivity index (χ3v) is 4.75. The zero-order chi connectivity index (χ0) is 15.5. The number of hydrogen-bond acceptors (Lipinski definition) is 4. The second-order valence-corrected chi connectivity index (χ2v) is 7.65. The van der Waals surface area contributed by atoms with Gasteiger partial charge < -0.3 is 10.2 Å². The minimum absolute atomic E-state index is 0.122. The van der Waals surface area contributed by atoms with Crippen molar-refractivity contribution in [3.8, 4) is 0 Å². The average Bonchev–Trinajstić information content (AvgIpc) is 2.93. The highest BCUT2D eigenvalue weighted by atomic mass is 32.1. The molecule has 1 aliphatic heterocycles. The highest BCUT2D eigenvalue weighted by molar-refractivity contribution is 7.07. The van der Waals surface area contributed by atoms with Crippen LogP contribution in [-0.4, -0.2) is 55.5 Å². The Morgan fingerprint density at radius 3 is 2.52 bits per heavy atom. The zero-order valence-electron chi connectivity index (χ0n) is 13.6. The molecule has 4 nitrogen and oxygen atoms in total. The van der Waals surface area contributed by atoms with Crippen molar-refractivity contribution in [2.24, 2.45) is 5.41 Å². The average molecular weight is 309 g/mol. The van der Waals surface area contributed by atoms with Gasteiger partial charge in [-0.1, -0.05) is 20.8 Å². The lowest BCUT2D eigenvalue weighted by Crippen LogP contribution is -2.49. The van der Waals surface area contributed by atoms with Gasteiger partial charge in [0, 0.05) is 38.1 Å². The number of thiophene rings is 1. The third-order valence-electron chi connectivity index (χ3n) is 4.04. The van der Waals surface area contributed by atoms with Gasteiger partial charge >= 0.3 is 0 Å². The Balaban J connectivity index is 2.02. The predicted molar refractivity (Wildman–Crippen MR) is 88.6 cm³/mol. The molecular formula is C16H27N3OS. The van der Waals surface area contributed by atoms with Crippen LogP contribution in [0.2, 0.25) is 0 Å². The van der Waals surface area contributed by atoms with Gasteiger partial charge in [0.2, 0.25) is 5.91 Å². The second kappa shape index (κ2) is 6.90. The van der Waals surface area contributed by atoms with Crippen LogP contribution in [0.3, 0.4) is 0 Å². The highest BCUT2D eigenvalue weighted by Gasteiger charge is 2.27. The molecule has 5 heteroatoms. The van der Waals surface area contributed by atoms with Crippen molar-refractivity contribution in [2.45, 2.75) is 26.8 Å². The summed E-state index contributed by atoms with van der Waals surface area (Å²) in [5.41, 5.74) is 0.986. The minimum Gasteiger partial charge on any atom is -0.354 e. The van der Waals surface area contributed by atoms with Crippen molar-refractivity contribution in [1.29, 1.82) is 0 Å². The summed E-state index contributed by atoms with van der Waals surface area (Å²) in [5.74, 6) is 0.122.